The van der Waals surface area contributed by atoms with Crippen molar-refractivity contribution in [2.45, 2.75) is 26.3 Å². The van der Waals surface area contributed by atoms with E-state index >= 15 is 0 Å². The van der Waals surface area contributed by atoms with Crippen molar-refractivity contribution in [3.63, 3.8) is 0 Å². The first-order chi connectivity index (χ1) is 10.3. The quantitative estimate of drug-likeness (QED) is 0.873. The second-order valence-corrected chi connectivity index (χ2v) is 5.26. The molecule has 1 aromatic heterocycles. The highest BCUT2D eigenvalue weighted by Gasteiger charge is 2.18. The minimum atomic E-state index is 0.590. The van der Waals surface area contributed by atoms with E-state index in [0.717, 1.165) is 37.4 Å². The molecule has 0 radical (unpaired) electrons. The van der Waals surface area contributed by atoms with Gasteiger partial charge in [-0.05, 0) is 36.1 Å². The molecule has 0 atom stereocenters. The Balaban J connectivity index is 1.79. The zero-order chi connectivity index (χ0) is 14.7. The van der Waals surface area contributed by atoms with Crippen molar-refractivity contribution in [2.24, 2.45) is 0 Å². The van der Waals surface area contributed by atoms with Gasteiger partial charge < -0.3 is 15.4 Å². The average molecular weight is 284 g/mol. The number of hydrogen-bond donors (Lipinski definition) is 1. The maximum Gasteiger partial charge on any atom is 0.234 e. The number of hydrogen-bond acceptors (Lipinski definition) is 5. The van der Waals surface area contributed by atoms with Gasteiger partial charge in [-0.2, -0.15) is 4.98 Å². The lowest BCUT2D eigenvalue weighted by Gasteiger charge is -2.29. The molecular weight excluding hydrogens is 264 g/mol. The standard InChI is InChI=1S/C16H20N4O/c1-2-7-21-16-10-18-9-15(19-16)20-6-5-12-3-4-14(17)8-13(12)11-20/h3-4,8-10H,2,5-7,11,17H2,1H3. The molecule has 0 bridgehead atoms. The van der Waals surface area contributed by atoms with Gasteiger partial charge in [-0.15, -0.1) is 0 Å². The van der Waals surface area contributed by atoms with Crippen LogP contribution < -0.4 is 15.4 Å². The molecule has 110 valence electrons. The summed E-state index contributed by atoms with van der Waals surface area (Å²) >= 11 is 0. The molecule has 1 aliphatic rings. The van der Waals surface area contributed by atoms with Crippen LogP contribution in [-0.2, 0) is 13.0 Å². The number of aromatic nitrogens is 2. The lowest BCUT2D eigenvalue weighted by Crippen LogP contribution is -2.31. The topological polar surface area (TPSA) is 64.3 Å². The summed E-state index contributed by atoms with van der Waals surface area (Å²) in [5.74, 6) is 1.45. The van der Waals surface area contributed by atoms with E-state index in [1.165, 1.54) is 11.1 Å². The molecule has 1 aromatic carbocycles. The highest BCUT2D eigenvalue weighted by atomic mass is 16.5. The van der Waals surface area contributed by atoms with Gasteiger partial charge in [0.15, 0.2) is 5.82 Å². The first-order valence-electron chi connectivity index (χ1n) is 7.33. The molecule has 0 amide bonds. The van der Waals surface area contributed by atoms with Gasteiger partial charge in [-0.1, -0.05) is 13.0 Å². The van der Waals surface area contributed by atoms with Crippen LogP contribution >= 0.6 is 0 Å². The number of nitrogens with two attached hydrogens (primary N) is 1. The zero-order valence-corrected chi connectivity index (χ0v) is 12.2. The molecule has 0 aliphatic carbocycles. The van der Waals surface area contributed by atoms with E-state index in [0.29, 0.717) is 12.5 Å². The van der Waals surface area contributed by atoms with Crippen molar-refractivity contribution in [1.82, 2.24) is 9.97 Å². The van der Waals surface area contributed by atoms with Crippen LogP contribution in [0.5, 0.6) is 5.88 Å². The Hall–Kier alpha value is -2.30. The summed E-state index contributed by atoms with van der Waals surface area (Å²) in [6.07, 6.45) is 5.41. The fourth-order valence-electron chi connectivity index (χ4n) is 2.54. The fourth-order valence-corrected chi connectivity index (χ4v) is 2.54. The predicted octanol–water partition coefficient (Wildman–Crippen LogP) is 2.41. The van der Waals surface area contributed by atoms with Crippen molar-refractivity contribution < 1.29 is 4.74 Å². The Labute approximate surface area is 124 Å². The summed E-state index contributed by atoms with van der Waals surface area (Å²) in [5, 5.41) is 0. The number of anilines is 2. The molecule has 5 nitrogen and oxygen atoms in total. The molecule has 3 rings (SSSR count). The van der Waals surface area contributed by atoms with Crippen molar-refractivity contribution in [3.8, 4) is 5.88 Å². The third-order valence-corrected chi connectivity index (χ3v) is 3.62. The summed E-state index contributed by atoms with van der Waals surface area (Å²) < 4.78 is 5.55. The van der Waals surface area contributed by atoms with E-state index in [4.69, 9.17) is 10.5 Å². The number of nitrogens with zero attached hydrogens (tertiary/aromatic N) is 3. The first kappa shape index (κ1) is 13.7. The Morgan fingerprint density at radius 3 is 3.05 bits per heavy atom. The normalized spacial score (nSPS) is 13.9. The molecule has 0 saturated carbocycles. The first-order valence-corrected chi connectivity index (χ1v) is 7.33. The van der Waals surface area contributed by atoms with Gasteiger partial charge >= 0.3 is 0 Å². The maximum atomic E-state index is 5.88. The molecular formula is C16H20N4O. The number of ether oxygens (including phenoxy) is 1. The third-order valence-electron chi connectivity index (χ3n) is 3.62. The Bertz CT molecular complexity index is 629. The number of fused-ring (bicyclic) bond motifs is 1. The van der Waals surface area contributed by atoms with Crippen molar-refractivity contribution in [2.75, 3.05) is 23.8 Å². The van der Waals surface area contributed by atoms with Crippen LogP contribution in [0.25, 0.3) is 0 Å². The third kappa shape index (κ3) is 3.07. The van der Waals surface area contributed by atoms with Crippen LogP contribution in [0.2, 0.25) is 0 Å². The zero-order valence-electron chi connectivity index (χ0n) is 12.2. The lowest BCUT2D eigenvalue weighted by atomic mass is 9.99. The smallest absolute Gasteiger partial charge is 0.234 e. The van der Waals surface area contributed by atoms with E-state index in [1.54, 1.807) is 12.4 Å². The average Bonchev–Trinajstić information content (AvgIpc) is 2.52. The van der Waals surface area contributed by atoms with Gasteiger partial charge in [-0.25, -0.2) is 0 Å². The maximum absolute atomic E-state index is 5.88. The van der Waals surface area contributed by atoms with E-state index in [9.17, 15) is 0 Å². The van der Waals surface area contributed by atoms with E-state index < -0.39 is 0 Å². The van der Waals surface area contributed by atoms with Gasteiger partial charge in [0.2, 0.25) is 5.88 Å². The Morgan fingerprint density at radius 1 is 1.29 bits per heavy atom. The van der Waals surface area contributed by atoms with Crippen molar-refractivity contribution in [1.29, 1.82) is 0 Å². The molecule has 0 spiro atoms. The second-order valence-electron chi connectivity index (χ2n) is 5.26. The van der Waals surface area contributed by atoms with Crippen LogP contribution in [0.1, 0.15) is 24.5 Å². The minimum absolute atomic E-state index is 0.590. The van der Waals surface area contributed by atoms with Gasteiger partial charge in [0, 0.05) is 18.8 Å². The summed E-state index contributed by atoms with van der Waals surface area (Å²) in [4.78, 5) is 11.0. The SMILES string of the molecule is CCCOc1cncc(N2CCc3ccc(N)cc3C2)n1. The molecule has 21 heavy (non-hydrogen) atoms. The van der Waals surface area contributed by atoms with Crippen LogP contribution in [0.3, 0.4) is 0 Å². The van der Waals surface area contributed by atoms with Crippen LogP contribution in [0.4, 0.5) is 11.5 Å². The molecule has 0 saturated heterocycles. The lowest BCUT2D eigenvalue weighted by molar-refractivity contribution is 0.304. The van der Waals surface area contributed by atoms with E-state index in [-0.39, 0.29) is 0 Å². The van der Waals surface area contributed by atoms with Crippen LogP contribution in [0.15, 0.2) is 30.6 Å². The number of rotatable bonds is 4. The van der Waals surface area contributed by atoms with Crippen molar-refractivity contribution in [3.05, 3.63) is 41.7 Å². The molecule has 0 fully saturated rings. The summed E-state index contributed by atoms with van der Waals surface area (Å²) in [5.41, 5.74) is 9.32. The number of nitrogen functional groups attached to an aromatic ring is 1. The van der Waals surface area contributed by atoms with Crippen LogP contribution in [0, 0.1) is 0 Å². The largest absolute Gasteiger partial charge is 0.477 e. The minimum Gasteiger partial charge on any atom is -0.477 e. The Kier molecular flexibility index (Phi) is 3.90. The molecule has 0 unspecified atom stereocenters. The van der Waals surface area contributed by atoms with E-state index in [1.807, 2.05) is 12.1 Å². The summed E-state index contributed by atoms with van der Waals surface area (Å²) in [7, 11) is 0. The fraction of sp³-hybridized carbons (Fsp3) is 0.375. The molecule has 2 aromatic rings. The molecule has 2 N–H and O–H groups in total. The summed E-state index contributed by atoms with van der Waals surface area (Å²) in [6, 6.07) is 6.13. The number of benzene rings is 1. The monoisotopic (exact) mass is 284 g/mol. The highest BCUT2D eigenvalue weighted by molar-refractivity contribution is 5.49. The van der Waals surface area contributed by atoms with Crippen molar-refractivity contribution >= 4 is 11.5 Å². The van der Waals surface area contributed by atoms with Crippen LogP contribution in [-0.4, -0.2) is 23.1 Å². The highest BCUT2D eigenvalue weighted by Crippen LogP contribution is 2.25. The molecule has 5 heteroatoms. The summed E-state index contributed by atoms with van der Waals surface area (Å²) in [6.45, 7) is 4.48. The van der Waals surface area contributed by atoms with Gasteiger partial charge in [0.25, 0.3) is 0 Å². The van der Waals surface area contributed by atoms with Gasteiger partial charge in [0.1, 0.15) is 0 Å². The van der Waals surface area contributed by atoms with Gasteiger partial charge in [-0.3, -0.25) is 4.98 Å². The van der Waals surface area contributed by atoms with E-state index in [2.05, 4.69) is 27.9 Å². The van der Waals surface area contributed by atoms with Gasteiger partial charge in [0.05, 0.1) is 19.0 Å². The predicted molar refractivity (Wildman–Crippen MR) is 83.4 cm³/mol. The molecule has 2 heterocycles. The Morgan fingerprint density at radius 2 is 2.19 bits per heavy atom. The second kappa shape index (κ2) is 5.99. The molecule has 1 aliphatic heterocycles.